The van der Waals surface area contributed by atoms with Gasteiger partial charge in [0.15, 0.2) is 9.88 Å². The number of carbonyl (C=O) groups is 2. The minimum Gasteiger partial charge on any atom is -0.465 e. The van der Waals surface area contributed by atoms with Gasteiger partial charge in [0, 0.05) is 5.56 Å². The minimum absolute atomic E-state index is 0.112. The minimum atomic E-state index is -0.454. The molecule has 0 saturated carbocycles. The van der Waals surface area contributed by atoms with Crippen LogP contribution in [0.3, 0.4) is 0 Å². The van der Waals surface area contributed by atoms with Crippen LogP contribution in [0.1, 0.15) is 20.0 Å². The molecular formula is C20H16N4O4S4. The van der Waals surface area contributed by atoms with Gasteiger partial charge >= 0.3 is 5.97 Å². The van der Waals surface area contributed by atoms with E-state index in [2.05, 4.69) is 25.3 Å². The molecule has 3 aromatic heterocycles. The van der Waals surface area contributed by atoms with Crippen molar-refractivity contribution >= 4 is 80.0 Å². The van der Waals surface area contributed by atoms with Crippen molar-refractivity contribution in [3.63, 3.8) is 0 Å². The molecule has 12 heteroatoms. The van der Waals surface area contributed by atoms with Gasteiger partial charge < -0.3 is 15.0 Å². The van der Waals surface area contributed by atoms with E-state index in [1.807, 2.05) is 17.5 Å². The van der Waals surface area contributed by atoms with Crippen LogP contribution in [0, 0.1) is 4.77 Å². The highest BCUT2D eigenvalue weighted by atomic mass is 32.1. The van der Waals surface area contributed by atoms with Crippen molar-refractivity contribution in [1.29, 1.82) is 0 Å². The summed E-state index contributed by atoms with van der Waals surface area (Å²) >= 11 is 12.5. The SMILES string of the molecule is COC(=O)c1sccc1NC(=S)NC(=O)c1ccccc1.O=c1[nH]c(=S)[nH]c2ccsc12. The number of fused-ring (bicyclic) bond motifs is 1. The lowest BCUT2D eigenvalue weighted by molar-refractivity contribution is 0.0607. The zero-order chi connectivity index (χ0) is 23.1. The molecule has 0 aliphatic rings. The van der Waals surface area contributed by atoms with E-state index in [4.69, 9.17) is 24.4 Å². The number of esters is 1. The standard InChI is InChI=1S/C14H12N2O3S2.C6H4N2OS2/c1-19-13(18)11-10(7-8-21-11)15-14(20)16-12(17)9-5-3-2-4-6-9;9-5-4-3(1-2-11-4)7-6(10)8-5/h2-8H,1H3,(H2,15,16,17,20);1-2H,(H2,7,8,9,10). The van der Waals surface area contributed by atoms with Crippen molar-refractivity contribution in [3.05, 3.63) is 78.8 Å². The third kappa shape index (κ3) is 5.95. The van der Waals surface area contributed by atoms with Crippen LogP contribution in [0.5, 0.6) is 0 Å². The highest BCUT2D eigenvalue weighted by molar-refractivity contribution is 7.80. The summed E-state index contributed by atoms with van der Waals surface area (Å²) in [6.45, 7) is 0. The van der Waals surface area contributed by atoms with Crippen LogP contribution in [0.25, 0.3) is 10.2 Å². The number of amides is 1. The predicted molar refractivity (Wildman–Crippen MR) is 133 cm³/mol. The van der Waals surface area contributed by atoms with Crippen LogP contribution >= 0.6 is 47.1 Å². The van der Waals surface area contributed by atoms with Gasteiger partial charge in [-0.2, -0.15) is 0 Å². The molecular weight excluding hydrogens is 489 g/mol. The quantitative estimate of drug-likeness (QED) is 0.243. The molecule has 1 amide bonds. The zero-order valence-electron chi connectivity index (χ0n) is 16.5. The fourth-order valence-electron chi connectivity index (χ4n) is 2.47. The van der Waals surface area contributed by atoms with Gasteiger partial charge in [0.05, 0.1) is 18.3 Å². The van der Waals surface area contributed by atoms with E-state index < -0.39 is 5.97 Å². The van der Waals surface area contributed by atoms with Gasteiger partial charge in [0.2, 0.25) is 0 Å². The number of aromatic nitrogens is 2. The highest BCUT2D eigenvalue weighted by Crippen LogP contribution is 2.23. The Labute approximate surface area is 200 Å². The fourth-order valence-corrected chi connectivity index (χ4v) is 4.39. The van der Waals surface area contributed by atoms with Crippen LogP contribution in [-0.2, 0) is 4.74 Å². The van der Waals surface area contributed by atoms with Gasteiger partial charge in [0.1, 0.15) is 9.58 Å². The largest absolute Gasteiger partial charge is 0.465 e. The number of H-pyrrole nitrogens is 2. The molecule has 0 aliphatic carbocycles. The average Bonchev–Trinajstić information content (AvgIpc) is 3.44. The molecule has 0 radical (unpaired) electrons. The molecule has 8 nitrogen and oxygen atoms in total. The number of hydrogen-bond acceptors (Lipinski definition) is 8. The molecule has 0 bridgehead atoms. The Bertz CT molecular complexity index is 1370. The van der Waals surface area contributed by atoms with Gasteiger partial charge in [-0.05, 0) is 59.5 Å². The van der Waals surface area contributed by atoms with Gasteiger partial charge in [0.25, 0.3) is 11.5 Å². The first-order valence-electron chi connectivity index (χ1n) is 8.92. The van der Waals surface area contributed by atoms with Gasteiger partial charge in [-0.15, -0.1) is 22.7 Å². The lowest BCUT2D eigenvalue weighted by Crippen LogP contribution is -2.34. The first kappa shape index (κ1) is 23.5. The maximum atomic E-state index is 11.9. The summed E-state index contributed by atoms with van der Waals surface area (Å²) in [5, 5.41) is 9.07. The number of rotatable bonds is 3. The van der Waals surface area contributed by atoms with Gasteiger partial charge in [-0.1, -0.05) is 18.2 Å². The molecule has 32 heavy (non-hydrogen) atoms. The van der Waals surface area contributed by atoms with Gasteiger partial charge in [-0.3, -0.25) is 19.9 Å². The Morgan fingerprint density at radius 1 is 1.03 bits per heavy atom. The van der Waals surface area contributed by atoms with Crippen LogP contribution < -0.4 is 16.2 Å². The molecule has 0 unspecified atom stereocenters. The molecule has 3 heterocycles. The maximum absolute atomic E-state index is 11.9. The van der Waals surface area contributed by atoms with E-state index >= 15 is 0 Å². The molecule has 0 atom stereocenters. The number of methoxy groups -OCH3 is 1. The smallest absolute Gasteiger partial charge is 0.350 e. The van der Waals surface area contributed by atoms with E-state index in [1.54, 1.807) is 35.7 Å². The van der Waals surface area contributed by atoms with E-state index in [-0.39, 0.29) is 16.6 Å². The second-order valence-corrected chi connectivity index (χ2v) is 8.65. The van der Waals surface area contributed by atoms with Crippen molar-refractivity contribution in [2.75, 3.05) is 12.4 Å². The summed E-state index contributed by atoms with van der Waals surface area (Å²) < 4.78 is 5.74. The number of aromatic amines is 2. The van der Waals surface area contributed by atoms with Crippen LogP contribution in [0.2, 0.25) is 0 Å². The number of thiocarbonyl (C=S) groups is 1. The van der Waals surface area contributed by atoms with E-state index in [9.17, 15) is 14.4 Å². The lowest BCUT2D eigenvalue weighted by atomic mass is 10.2. The molecule has 0 aliphatic heterocycles. The second kappa shape index (κ2) is 10.9. The van der Waals surface area contributed by atoms with Crippen LogP contribution in [0.15, 0.2) is 58.0 Å². The van der Waals surface area contributed by atoms with Gasteiger partial charge in [-0.25, -0.2) is 4.79 Å². The summed E-state index contributed by atoms with van der Waals surface area (Å²) in [4.78, 5) is 40.4. The third-order valence-electron chi connectivity index (χ3n) is 3.89. The molecule has 4 N–H and O–H groups in total. The fraction of sp³-hybridized carbons (Fsp3) is 0.0500. The van der Waals surface area contributed by atoms with Crippen molar-refractivity contribution in [2.45, 2.75) is 0 Å². The van der Waals surface area contributed by atoms with Crippen molar-refractivity contribution in [3.8, 4) is 0 Å². The Kier molecular flexibility index (Phi) is 8.00. The lowest BCUT2D eigenvalue weighted by Gasteiger charge is -2.09. The zero-order valence-corrected chi connectivity index (χ0v) is 19.7. The summed E-state index contributed by atoms with van der Waals surface area (Å²) in [6, 6.07) is 12.2. The second-order valence-electron chi connectivity index (χ2n) is 6.00. The topological polar surface area (TPSA) is 116 Å². The molecule has 4 rings (SSSR count). The van der Waals surface area contributed by atoms with Crippen LogP contribution in [0.4, 0.5) is 5.69 Å². The first-order valence-corrected chi connectivity index (χ1v) is 11.5. The number of ether oxygens (including phenoxy) is 1. The summed E-state index contributed by atoms with van der Waals surface area (Å²) in [5.41, 5.74) is 1.70. The monoisotopic (exact) mass is 504 g/mol. The van der Waals surface area contributed by atoms with Crippen LogP contribution in [-0.4, -0.2) is 34.1 Å². The third-order valence-corrected chi connectivity index (χ3v) is 6.11. The van der Waals surface area contributed by atoms with Crippen molar-refractivity contribution < 1.29 is 14.3 Å². The normalized spacial score (nSPS) is 10.0. The number of benzene rings is 1. The average molecular weight is 505 g/mol. The van der Waals surface area contributed by atoms with E-state index in [1.165, 1.54) is 29.8 Å². The molecule has 0 fully saturated rings. The maximum Gasteiger partial charge on any atom is 0.350 e. The number of hydrogen-bond donors (Lipinski definition) is 4. The number of thiophene rings is 2. The summed E-state index contributed by atoms with van der Waals surface area (Å²) in [7, 11) is 1.31. The Morgan fingerprint density at radius 2 is 1.75 bits per heavy atom. The summed E-state index contributed by atoms with van der Waals surface area (Å²) in [5.74, 6) is -0.771. The Morgan fingerprint density at radius 3 is 2.47 bits per heavy atom. The molecule has 164 valence electrons. The summed E-state index contributed by atoms with van der Waals surface area (Å²) in [6.07, 6.45) is 0. The number of carbonyl (C=O) groups excluding carboxylic acids is 2. The molecule has 0 spiro atoms. The van der Waals surface area contributed by atoms with E-state index in [0.29, 0.717) is 25.6 Å². The molecule has 1 aromatic carbocycles. The predicted octanol–water partition coefficient (Wildman–Crippen LogP) is 4.31. The van der Waals surface area contributed by atoms with Crippen molar-refractivity contribution in [2.24, 2.45) is 0 Å². The highest BCUT2D eigenvalue weighted by Gasteiger charge is 2.15. The molecule has 4 aromatic rings. The van der Waals surface area contributed by atoms with E-state index in [0.717, 1.165) is 5.52 Å². The first-order chi connectivity index (χ1) is 15.4. The Hall–Kier alpha value is -3.19. The number of nitrogens with one attached hydrogen (secondary N) is 4. The Balaban J connectivity index is 0.000000219. The number of anilines is 1. The molecule has 0 saturated heterocycles. The van der Waals surface area contributed by atoms with Crippen molar-refractivity contribution in [1.82, 2.24) is 15.3 Å².